The second kappa shape index (κ2) is 6.22. The largest absolute Gasteiger partial charge is 0.391 e. The first-order chi connectivity index (χ1) is 10.2. The SMILES string of the molecule is O=c1cc2c(nn1C[C@H](O)CCc1ccccc1)CCC2. The highest BCUT2D eigenvalue weighted by atomic mass is 16.3. The van der Waals surface area contributed by atoms with Crippen LogP contribution in [-0.2, 0) is 25.8 Å². The van der Waals surface area contributed by atoms with Crippen molar-refractivity contribution in [3.63, 3.8) is 0 Å². The molecule has 1 aliphatic carbocycles. The van der Waals surface area contributed by atoms with E-state index in [9.17, 15) is 9.90 Å². The summed E-state index contributed by atoms with van der Waals surface area (Å²) in [5.74, 6) is 0. The zero-order valence-corrected chi connectivity index (χ0v) is 12.0. The van der Waals surface area contributed by atoms with Crippen LogP contribution in [0.15, 0.2) is 41.2 Å². The van der Waals surface area contributed by atoms with Crippen LogP contribution in [0.3, 0.4) is 0 Å². The Morgan fingerprint density at radius 2 is 2.05 bits per heavy atom. The van der Waals surface area contributed by atoms with Gasteiger partial charge in [-0.1, -0.05) is 30.3 Å². The van der Waals surface area contributed by atoms with Crippen molar-refractivity contribution in [2.45, 2.75) is 44.8 Å². The number of aliphatic hydroxyl groups is 1. The van der Waals surface area contributed by atoms with Crippen LogP contribution in [-0.4, -0.2) is 21.0 Å². The van der Waals surface area contributed by atoms with E-state index in [1.54, 1.807) is 6.07 Å². The molecule has 4 heteroatoms. The van der Waals surface area contributed by atoms with Gasteiger partial charge in [0, 0.05) is 6.07 Å². The number of hydrogen-bond donors (Lipinski definition) is 1. The molecule has 0 unspecified atom stereocenters. The third kappa shape index (κ3) is 3.39. The van der Waals surface area contributed by atoms with E-state index in [1.807, 2.05) is 30.3 Å². The number of aliphatic hydroxyl groups excluding tert-OH is 1. The van der Waals surface area contributed by atoms with E-state index in [2.05, 4.69) is 5.10 Å². The van der Waals surface area contributed by atoms with Crippen LogP contribution < -0.4 is 5.56 Å². The summed E-state index contributed by atoms with van der Waals surface area (Å²) >= 11 is 0. The van der Waals surface area contributed by atoms with Crippen molar-refractivity contribution in [1.29, 1.82) is 0 Å². The molecule has 1 heterocycles. The molecule has 3 rings (SSSR count). The summed E-state index contributed by atoms with van der Waals surface area (Å²) in [4.78, 5) is 12.0. The van der Waals surface area contributed by atoms with Crippen LogP contribution in [0.25, 0.3) is 0 Å². The van der Waals surface area contributed by atoms with Crippen molar-refractivity contribution in [3.05, 3.63) is 63.6 Å². The third-order valence-corrected chi connectivity index (χ3v) is 4.02. The second-order valence-electron chi connectivity index (χ2n) is 5.67. The van der Waals surface area contributed by atoms with Gasteiger partial charge in [-0.2, -0.15) is 5.10 Å². The minimum atomic E-state index is -0.546. The maximum atomic E-state index is 12.0. The Balaban J connectivity index is 1.62. The second-order valence-corrected chi connectivity index (χ2v) is 5.67. The van der Waals surface area contributed by atoms with Gasteiger partial charge in [-0.15, -0.1) is 0 Å². The molecule has 0 spiro atoms. The van der Waals surface area contributed by atoms with E-state index in [1.165, 1.54) is 10.2 Å². The topological polar surface area (TPSA) is 55.1 Å². The van der Waals surface area contributed by atoms with Crippen molar-refractivity contribution in [1.82, 2.24) is 9.78 Å². The number of nitrogens with zero attached hydrogens (tertiary/aromatic N) is 2. The number of fused-ring (bicyclic) bond motifs is 1. The van der Waals surface area contributed by atoms with Gasteiger partial charge in [0.25, 0.3) is 5.56 Å². The number of rotatable bonds is 5. The summed E-state index contributed by atoms with van der Waals surface area (Å²) in [7, 11) is 0. The van der Waals surface area contributed by atoms with Gasteiger partial charge >= 0.3 is 0 Å². The Morgan fingerprint density at radius 3 is 2.86 bits per heavy atom. The molecule has 0 fully saturated rings. The molecule has 1 aliphatic rings. The van der Waals surface area contributed by atoms with E-state index in [0.29, 0.717) is 6.42 Å². The molecule has 110 valence electrons. The Morgan fingerprint density at radius 1 is 1.24 bits per heavy atom. The Hall–Kier alpha value is -1.94. The number of benzene rings is 1. The lowest BCUT2D eigenvalue weighted by Gasteiger charge is -2.12. The van der Waals surface area contributed by atoms with Gasteiger partial charge in [0.05, 0.1) is 18.3 Å². The minimum absolute atomic E-state index is 0.102. The molecule has 0 aliphatic heterocycles. The molecule has 0 saturated heterocycles. The summed E-state index contributed by atoms with van der Waals surface area (Å²) in [5, 5.41) is 14.5. The average molecular weight is 284 g/mol. The highest BCUT2D eigenvalue weighted by Crippen LogP contribution is 2.17. The minimum Gasteiger partial charge on any atom is -0.391 e. The molecule has 0 amide bonds. The standard InChI is InChI=1S/C17H20N2O2/c20-15(10-9-13-5-2-1-3-6-13)12-19-17(21)11-14-7-4-8-16(14)18-19/h1-3,5-6,11,15,20H,4,7-10,12H2/t15-/m1/s1. The van der Waals surface area contributed by atoms with Gasteiger partial charge in [0.1, 0.15) is 0 Å². The van der Waals surface area contributed by atoms with E-state index in [-0.39, 0.29) is 12.1 Å². The van der Waals surface area contributed by atoms with E-state index in [0.717, 1.165) is 36.9 Å². The fourth-order valence-corrected chi connectivity index (χ4v) is 2.84. The molecular formula is C17H20N2O2. The molecule has 1 atom stereocenters. The lowest BCUT2D eigenvalue weighted by Crippen LogP contribution is -2.29. The van der Waals surface area contributed by atoms with E-state index < -0.39 is 6.10 Å². The van der Waals surface area contributed by atoms with Gasteiger partial charge < -0.3 is 5.11 Å². The van der Waals surface area contributed by atoms with Crippen molar-refractivity contribution in [2.75, 3.05) is 0 Å². The van der Waals surface area contributed by atoms with Crippen LogP contribution in [0, 0.1) is 0 Å². The Bertz CT molecular complexity index is 664. The molecule has 21 heavy (non-hydrogen) atoms. The van der Waals surface area contributed by atoms with Crippen molar-refractivity contribution in [2.24, 2.45) is 0 Å². The first-order valence-electron chi connectivity index (χ1n) is 7.54. The predicted octanol–water partition coefficient (Wildman–Crippen LogP) is 1.73. The molecule has 0 saturated carbocycles. The predicted molar refractivity (Wildman–Crippen MR) is 81.3 cm³/mol. The Kier molecular flexibility index (Phi) is 4.15. The maximum absolute atomic E-state index is 12.0. The van der Waals surface area contributed by atoms with E-state index in [4.69, 9.17) is 0 Å². The normalized spacial score (nSPS) is 14.9. The number of aryl methyl sites for hydroxylation is 3. The molecule has 0 bridgehead atoms. The molecule has 1 aromatic heterocycles. The number of aromatic nitrogens is 2. The van der Waals surface area contributed by atoms with Gasteiger partial charge in [-0.25, -0.2) is 4.68 Å². The summed E-state index contributed by atoms with van der Waals surface area (Å²) in [6.07, 6.45) is 3.86. The first-order valence-corrected chi connectivity index (χ1v) is 7.54. The fraction of sp³-hybridized carbons (Fsp3) is 0.412. The van der Waals surface area contributed by atoms with Gasteiger partial charge in [-0.3, -0.25) is 4.79 Å². The monoisotopic (exact) mass is 284 g/mol. The lowest BCUT2D eigenvalue weighted by molar-refractivity contribution is 0.138. The lowest BCUT2D eigenvalue weighted by atomic mass is 10.1. The third-order valence-electron chi connectivity index (χ3n) is 4.02. The van der Waals surface area contributed by atoms with Crippen LogP contribution in [0.1, 0.15) is 29.7 Å². The molecule has 4 nitrogen and oxygen atoms in total. The molecule has 1 aromatic carbocycles. The smallest absolute Gasteiger partial charge is 0.267 e. The van der Waals surface area contributed by atoms with Gasteiger partial charge in [0.2, 0.25) is 0 Å². The maximum Gasteiger partial charge on any atom is 0.267 e. The van der Waals surface area contributed by atoms with Crippen molar-refractivity contribution < 1.29 is 5.11 Å². The fourth-order valence-electron chi connectivity index (χ4n) is 2.84. The molecule has 1 N–H and O–H groups in total. The van der Waals surface area contributed by atoms with Crippen LogP contribution in [0.2, 0.25) is 0 Å². The summed E-state index contributed by atoms with van der Waals surface area (Å²) < 4.78 is 1.42. The highest BCUT2D eigenvalue weighted by molar-refractivity contribution is 5.22. The van der Waals surface area contributed by atoms with E-state index >= 15 is 0 Å². The van der Waals surface area contributed by atoms with Gasteiger partial charge in [0.15, 0.2) is 0 Å². The quantitative estimate of drug-likeness (QED) is 0.909. The van der Waals surface area contributed by atoms with Crippen LogP contribution in [0.5, 0.6) is 0 Å². The highest BCUT2D eigenvalue weighted by Gasteiger charge is 2.16. The summed E-state index contributed by atoms with van der Waals surface area (Å²) in [5.41, 5.74) is 3.19. The van der Waals surface area contributed by atoms with Crippen LogP contribution >= 0.6 is 0 Å². The first kappa shape index (κ1) is 14.0. The van der Waals surface area contributed by atoms with Gasteiger partial charge in [-0.05, 0) is 43.2 Å². The molecule has 2 aromatic rings. The molecular weight excluding hydrogens is 264 g/mol. The molecule has 0 radical (unpaired) electrons. The van der Waals surface area contributed by atoms with Crippen molar-refractivity contribution >= 4 is 0 Å². The zero-order chi connectivity index (χ0) is 14.7. The summed E-state index contributed by atoms with van der Waals surface area (Å²) in [6.45, 7) is 0.277. The summed E-state index contributed by atoms with van der Waals surface area (Å²) in [6, 6.07) is 11.7. The number of hydrogen-bond acceptors (Lipinski definition) is 3. The van der Waals surface area contributed by atoms with Crippen LogP contribution in [0.4, 0.5) is 0 Å². The zero-order valence-electron chi connectivity index (χ0n) is 12.0. The average Bonchev–Trinajstić information content (AvgIpc) is 2.94. The Labute approximate surface area is 124 Å². The van der Waals surface area contributed by atoms with Crippen molar-refractivity contribution in [3.8, 4) is 0 Å².